The molecule has 150 valence electrons. The van der Waals surface area contributed by atoms with Gasteiger partial charge in [0.15, 0.2) is 12.7 Å². The Kier molecular flexibility index (Phi) is 7.87. The number of ether oxygens (including phenoxy) is 2. The summed E-state index contributed by atoms with van der Waals surface area (Å²) in [4.78, 5) is 24.2. The zero-order chi connectivity index (χ0) is 20.5. The first-order chi connectivity index (χ1) is 13.4. The van der Waals surface area contributed by atoms with Gasteiger partial charge in [-0.1, -0.05) is 51.1 Å². The quantitative estimate of drug-likeness (QED) is 0.683. The van der Waals surface area contributed by atoms with Gasteiger partial charge < -0.3 is 9.47 Å². The second-order valence-electron chi connectivity index (χ2n) is 6.83. The Bertz CT molecular complexity index is 787. The summed E-state index contributed by atoms with van der Waals surface area (Å²) in [5.74, 6) is 0.803. The maximum atomic E-state index is 12.3. The van der Waals surface area contributed by atoms with E-state index in [1.54, 1.807) is 0 Å². The lowest BCUT2D eigenvalue weighted by Gasteiger charge is -2.18. The predicted molar refractivity (Wildman–Crippen MR) is 108 cm³/mol. The van der Waals surface area contributed by atoms with E-state index in [0.717, 1.165) is 5.56 Å². The molecule has 0 heterocycles. The molecule has 0 saturated heterocycles. The molecule has 0 radical (unpaired) electrons. The Morgan fingerprint density at radius 3 is 2.29 bits per heavy atom. The van der Waals surface area contributed by atoms with Crippen LogP contribution in [0.5, 0.6) is 11.5 Å². The van der Waals surface area contributed by atoms with E-state index in [1.165, 1.54) is 5.56 Å². The average Bonchev–Trinajstić information content (AvgIpc) is 2.70. The van der Waals surface area contributed by atoms with Gasteiger partial charge in [-0.25, -0.2) is 0 Å². The highest BCUT2D eigenvalue weighted by atomic mass is 16.5. The first kappa shape index (κ1) is 21.3. The van der Waals surface area contributed by atoms with Gasteiger partial charge in [0.25, 0.3) is 11.8 Å². The average molecular weight is 384 g/mol. The lowest BCUT2D eigenvalue weighted by atomic mass is 10.0. The second-order valence-corrected chi connectivity index (χ2v) is 6.83. The summed E-state index contributed by atoms with van der Waals surface area (Å²) in [5.41, 5.74) is 6.88. The minimum atomic E-state index is -0.703. The maximum Gasteiger partial charge on any atom is 0.279 e. The van der Waals surface area contributed by atoms with Crippen LogP contribution < -0.4 is 20.3 Å². The van der Waals surface area contributed by atoms with Gasteiger partial charge in [-0.15, -0.1) is 0 Å². The molecule has 2 rings (SSSR count). The largest absolute Gasteiger partial charge is 0.484 e. The van der Waals surface area contributed by atoms with Crippen LogP contribution in [0.1, 0.15) is 44.2 Å². The first-order valence-corrected chi connectivity index (χ1v) is 9.44. The monoisotopic (exact) mass is 384 g/mol. The Balaban J connectivity index is 1.79. The summed E-state index contributed by atoms with van der Waals surface area (Å²) in [6, 6.07) is 15.0. The summed E-state index contributed by atoms with van der Waals surface area (Å²) in [5, 5.41) is 0. The molecule has 0 aromatic heterocycles. The molecule has 1 atom stereocenters. The summed E-state index contributed by atoms with van der Waals surface area (Å²) in [7, 11) is 0. The fourth-order valence-corrected chi connectivity index (χ4v) is 2.51. The molecule has 2 aromatic carbocycles. The minimum Gasteiger partial charge on any atom is -0.484 e. The van der Waals surface area contributed by atoms with Crippen molar-refractivity contribution in [1.29, 1.82) is 0 Å². The number of para-hydroxylation sites is 1. The summed E-state index contributed by atoms with van der Waals surface area (Å²) >= 11 is 0. The molecule has 0 bridgehead atoms. The number of carbonyl (C=O) groups is 2. The number of amides is 2. The van der Waals surface area contributed by atoms with Gasteiger partial charge in [0.05, 0.1) is 0 Å². The van der Waals surface area contributed by atoms with E-state index in [-0.39, 0.29) is 6.61 Å². The lowest BCUT2D eigenvalue weighted by Crippen LogP contribution is -2.49. The molecule has 0 aliphatic heterocycles. The Labute approximate surface area is 166 Å². The third-order valence-electron chi connectivity index (χ3n) is 4.27. The van der Waals surface area contributed by atoms with Gasteiger partial charge >= 0.3 is 0 Å². The van der Waals surface area contributed by atoms with Crippen LogP contribution in [0.2, 0.25) is 0 Å². The standard InChI is InChI=1S/C22H28N2O4/c1-5-19(28-20-9-7-6-8-16(20)4)22(26)24-23-21(25)14-27-18-12-10-17(11-13-18)15(2)3/h6-13,15,19H,5,14H2,1-4H3,(H,23,25)(H,24,26). The molecule has 0 aliphatic rings. The SMILES string of the molecule is CCC(Oc1ccccc1C)C(=O)NNC(=O)COc1ccc(C(C)C)cc1. The van der Waals surface area contributed by atoms with E-state index in [9.17, 15) is 9.59 Å². The summed E-state index contributed by atoms with van der Waals surface area (Å²) in [6.45, 7) is 7.77. The zero-order valence-electron chi connectivity index (χ0n) is 16.8. The number of rotatable bonds is 8. The first-order valence-electron chi connectivity index (χ1n) is 9.44. The zero-order valence-corrected chi connectivity index (χ0v) is 16.8. The smallest absolute Gasteiger partial charge is 0.279 e. The van der Waals surface area contributed by atoms with E-state index in [2.05, 4.69) is 24.7 Å². The lowest BCUT2D eigenvalue weighted by molar-refractivity contribution is -0.134. The third kappa shape index (κ3) is 6.30. The molecule has 0 saturated carbocycles. The van der Waals surface area contributed by atoms with Gasteiger partial charge in [0.2, 0.25) is 0 Å². The topological polar surface area (TPSA) is 76.7 Å². The highest BCUT2D eigenvalue weighted by molar-refractivity contribution is 5.85. The van der Waals surface area contributed by atoms with Gasteiger partial charge in [0, 0.05) is 0 Å². The van der Waals surface area contributed by atoms with Gasteiger partial charge in [-0.3, -0.25) is 20.4 Å². The van der Waals surface area contributed by atoms with Gasteiger partial charge in [0.1, 0.15) is 11.5 Å². The van der Waals surface area contributed by atoms with Crippen molar-refractivity contribution in [2.45, 2.75) is 46.1 Å². The predicted octanol–water partition coefficient (Wildman–Crippen LogP) is 3.50. The number of aryl methyl sites for hydroxylation is 1. The van der Waals surface area contributed by atoms with Crippen LogP contribution in [0.4, 0.5) is 0 Å². The molecule has 6 nitrogen and oxygen atoms in total. The maximum absolute atomic E-state index is 12.3. The summed E-state index contributed by atoms with van der Waals surface area (Å²) in [6.07, 6.45) is -0.236. The molecule has 0 spiro atoms. The summed E-state index contributed by atoms with van der Waals surface area (Å²) < 4.78 is 11.2. The highest BCUT2D eigenvalue weighted by Crippen LogP contribution is 2.19. The van der Waals surface area contributed by atoms with E-state index in [4.69, 9.17) is 9.47 Å². The molecule has 2 amide bonds. The molecule has 0 fully saturated rings. The van der Waals surface area contributed by atoms with Crippen molar-refractivity contribution in [3.63, 3.8) is 0 Å². The Morgan fingerprint density at radius 1 is 1.00 bits per heavy atom. The van der Waals surface area contributed by atoms with Crippen LogP contribution in [0, 0.1) is 6.92 Å². The fourth-order valence-electron chi connectivity index (χ4n) is 2.51. The Hall–Kier alpha value is -3.02. The van der Waals surface area contributed by atoms with E-state index in [0.29, 0.717) is 23.8 Å². The van der Waals surface area contributed by atoms with Crippen molar-refractivity contribution < 1.29 is 19.1 Å². The van der Waals surface area contributed by atoms with Crippen LogP contribution in [-0.2, 0) is 9.59 Å². The van der Waals surface area contributed by atoms with Crippen molar-refractivity contribution >= 4 is 11.8 Å². The number of benzene rings is 2. The normalized spacial score (nSPS) is 11.6. The molecule has 6 heteroatoms. The molecule has 28 heavy (non-hydrogen) atoms. The molecule has 1 unspecified atom stereocenters. The number of nitrogens with one attached hydrogen (secondary N) is 2. The van der Waals surface area contributed by atoms with Crippen LogP contribution >= 0.6 is 0 Å². The fraction of sp³-hybridized carbons (Fsp3) is 0.364. The van der Waals surface area contributed by atoms with E-state index < -0.39 is 17.9 Å². The van der Waals surface area contributed by atoms with Crippen LogP contribution in [0.3, 0.4) is 0 Å². The molecule has 2 aromatic rings. The van der Waals surface area contributed by atoms with Crippen LogP contribution in [-0.4, -0.2) is 24.5 Å². The van der Waals surface area contributed by atoms with Crippen molar-refractivity contribution in [2.75, 3.05) is 6.61 Å². The van der Waals surface area contributed by atoms with Crippen molar-refractivity contribution in [3.05, 3.63) is 59.7 Å². The second kappa shape index (κ2) is 10.3. The number of hydrogen-bond acceptors (Lipinski definition) is 4. The van der Waals surface area contributed by atoms with Crippen LogP contribution in [0.15, 0.2) is 48.5 Å². The molecular weight excluding hydrogens is 356 g/mol. The number of hydrazine groups is 1. The van der Waals surface area contributed by atoms with Crippen molar-refractivity contribution in [1.82, 2.24) is 10.9 Å². The van der Waals surface area contributed by atoms with Gasteiger partial charge in [-0.05, 0) is 48.6 Å². The van der Waals surface area contributed by atoms with Crippen LogP contribution in [0.25, 0.3) is 0 Å². The van der Waals surface area contributed by atoms with Crippen molar-refractivity contribution in [2.24, 2.45) is 0 Å². The molecular formula is C22H28N2O4. The van der Waals surface area contributed by atoms with Gasteiger partial charge in [-0.2, -0.15) is 0 Å². The minimum absolute atomic E-state index is 0.198. The highest BCUT2D eigenvalue weighted by Gasteiger charge is 2.19. The van der Waals surface area contributed by atoms with E-state index in [1.807, 2.05) is 62.4 Å². The van der Waals surface area contributed by atoms with Crippen molar-refractivity contribution in [3.8, 4) is 11.5 Å². The number of hydrogen-bond donors (Lipinski definition) is 2. The van der Waals surface area contributed by atoms with E-state index >= 15 is 0 Å². The number of carbonyl (C=O) groups excluding carboxylic acids is 2. The molecule has 2 N–H and O–H groups in total. The molecule has 0 aliphatic carbocycles. The third-order valence-corrected chi connectivity index (χ3v) is 4.27. The Morgan fingerprint density at radius 2 is 1.68 bits per heavy atom.